The van der Waals surface area contributed by atoms with Gasteiger partial charge in [0.2, 0.25) is 0 Å². The quantitative estimate of drug-likeness (QED) is 0.851. The summed E-state index contributed by atoms with van der Waals surface area (Å²) in [6.45, 7) is -0.220. The highest BCUT2D eigenvalue weighted by atomic mass is 79.9. The molecule has 0 aromatic carbocycles. The van der Waals surface area contributed by atoms with Gasteiger partial charge < -0.3 is 5.11 Å². The van der Waals surface area contributed by atoms with Crippen molar-refractivity contribution >= 4 is 43.2 Å². The highest BCUT2D eigenvalue weighted by Gasteiger charge is 2.21. The number of hydrogen-bond acceptors (Lipinski definition) is 7. The number of rotatable bonds is 4. The Kier molecular flexibility index (Phi) is 3.90. The second-order valence-corrected chi connectivity index (χ2v) is 7.19. The highest BCUT2D eigenvalue weighted by Crippen LogP contribution is 2.32. The molecule has 0 unspecified atom stereocenters. The molecule has 0 saturated heterocycles. The van der Waals surface area contributed by atoms with Gasteiger partial charge in [-0.15, -0.1) is 16.4 Å². The molecular formula is C8H7BrN4O3S2. The standard InChI is InChI=1S/C8H7BrN4O3S2/c9-7-6(3-5(4-14)17-7)18(15,16)13-8-10-1-2-11-12-8/h1-3,14H,4H2,(H,10,12,13). The Labute approximate surface area is 115 Å². The molecule has 2 N–H and O–H groups in total. The van der Waals surface area contributed by atoms with E-state index in [9.17, 15) is 8.42 Å². The normalized spacial score (nSPS) is 11.4. The van der Waals surface area contributed by atoms with Gasteiger partial charge in [-0.25, -0.2) is 18.1 Å². The second kappa shape index (κ2) is 5.26. The fourth-order valence-electron chi connectivity index (χ4n) is 1.13. The van der Waals surface area contributed by atoms with Gasteiger partial charge in [0.05, 0.1) is 22.8 Å². The lowest BCUT2D eigenvalue weighted by molar-refractivity contribution is 0.285. The van der Waals surface area contributed by atoms with E-state index in [0.717, 1.165) is 11.3 Å². The molecule has 2 aromatic rings. The van der Waals surface area contributed by atoms with Crippen LogP contribution < -0.4 is 4.72 Å². The second-order valence-electron chi connectivity index (χ2n) is 3.08. The lowest BCUT2D eigenvalue weighted by atomic mass is 10.5. The van der Waals surface area contributed by atoms with Crippen molar-refractivity contribution in [1.29, 1.82) is 0 Å². The Balaban J connectivity index is 2.34. The molecule has 18 heavy (non-hydrogen) atoms. The van der Waals surface area contributed by atoms with Crippen molar-refractivity contribution in [2.45, 2.75) is 11.5 Å². The van der Waals surface area contributed by atoms with E-state index in [1.165, 1.54) is 18.5 Å². The minimum atomic E-state index is -3.80. The molecule has 0 aliphatic carbocycles. The van der Waals surface area contributed by atoms with E-state index in [1.807, 2.05) is 0 Å². The monoisotopic (exact) mass is 350 g/mol. The summed E-state index contributed by atoms with van der Waals surface area (Å²) in [5, 5.41) is 16.0. The van der Waals surface area contributed by atoms with Crippen LogP contribution in [0.3, 0.4) is 0 Å². The third kappa shape index (κ3) is 2.83. The molecule has 96 valence electrons. The Bertz CT molecular complexity index is 644. The van der Waals surface area contributed by atoms with Gasteiger partial charge in [-0.3, -0.25) is 0 Å². The topological polar surface area (TPSA) is 105 Å². The van der Waals surface area contributed by atoms with E-state index in [2.05, 4.69) is 35.8 Å². The first-order chi connectivity index (χ1) is 8.53. The van der Waals surface area contributed by atoms with Crippen LogP contribution in [0.2, 0.25) is 0 Å². The van der Waals surface area contributed by atoms with Crippen LogP contribution in [0, 0.1) is 0 Å². The molecule has 0 fully saturated rings. The van der Waals surface area contributed by atoms with E-state index in [-0.39, 0.29) is 17.5 Å². The molecule has 0 amide bonds. The van der Waals surface area contributed by atoms with Crippen LogP contribution in [0.5, 0.6) is 0 Å². The van der Waals surface area contributed by atoms with Crippen LogP contribution in [0.25, 0.3) is 0 Å². The maximum absolute atomic E-state index is 12.0. The number of anilines is 1. The Hall–Kier alpha value is -1.10. The summed E-state index contributed by atoms with van der Waals surface area (Å²) in [6, 6.07) is 1.38. The molecule has 0 radical (unpaired) electrons. The van der Waals surface area contributed by atoms with Gasteiger partial charge in [-0.1, -0.05) is 0 Å². The number of aliphatic hydroxyl groups is 1. The molecule has 0 bridgehead atoms. The van der Waals surface area contributed by atoms with Crippen molar-refractivity contribution in [3.05, 3.63) is 27.1 Å². The molecule has 2 heterocycles. The summed E-state index contributed by atoms with van der Waals surface area (Å²) in [5.74, 6) is -0.110. The minimum Gasteiger partial charge on any atom is -0.391 e. The predicted octanol–water partition coefficient (Wildman–Crippen LogP) is 0.989. The molecule has 0 aliphatic rings. The Morgan fingerprint density at radius 1 is 1.44 bits per heavy atom. The number of aromatic nitrogens is 3. The number of hydrogen-bond donors (Lipinski definition) is 2. The molecular weight excluding hydrogens is 344 g/mol. The van der Waals surface area contributed by atoms with Gasteiger partial charge in [0.1, 0.15) is 4.90 Å². The molecule has 0 saturated carbocycles. The number of nitrogens with one attached hydrogen (secondary N) is 1. The number of aliphatic hydroxyl groups excluding tert-OH is 1. The highest BCUT2D eigenvalue weighted by molar-refractivity contribution is 9.11. The van der Waals surface area contributed by atoms with Crippen molar-refractivity contribution < 1.29 is 13.5 Å². The number of halogens is 1. The summed E-state index contributed by atoms with van der Waals surface area (Å²) in [7, 11) is -3.80. The average Bonchev–Trinajstić information content (AvgIpc) is 2.72. The molecule has 2 aromatic heterocycles. The molecule has 0 aliphatic heterocycles. The summed E-state index contributed by atoms with van der Waals surface area (Å²) in [4.78, 5) is 4.29. The van der Waals surface area contributed by atoms with Crippen molar-refractivity contribution in [2.24, 2.45) is 0 Å². The molecule has 2 rings (SSSR count). The molecule has 7 nitrogen and oxygen atoms in total. The van der Waals surface area contributed by atoms with Crippen molar-refractivity contribution in [2.75, 3.05) is 4.72 Å². The van der Waals surface area contributed by atoms with Crippen LogP contribution in [-0.2, 0) is 16.6 Å². The number of nitrogens with zero attached hydrogens (tertiary/aromatic N) is 3. The zero-order valence-electron chi connectivity index (χ0n) is 8.74. The summed E-state index contributed by atoms with van der Waals surface area (Å²) >= 11 is 4.28. The predicted molar refractivity (Wildman–Crippen MR) is 68.6 cm³/mol. The molecule has 0 spiro atoms. The third-order valence-electron chi connectivity index (χ3n) is 1.86. The van der Waals surface area contributed by atoms with E-state index >= 15 is 0 Å². The SMILES string of the molecule is O=S(=O)(Nc1nccnn1)c1cc(CO)sc1Br. The average molecular weight is 351 g/mol. The first kappa shape index (κ1) is 13.3. The first-order valence-corrected chi connectivity index (χ1v) is 7.68. The zero-order valence-corrected chi connectivity index (χ0v) is 12.0. The van der Waals surface area contributed by atoms with Crippen molar-refractivity contribution in [1.82, 2.24) is 15.2 Å². The van der Waals surface area contributed by atoms with Crippen LogP contribution in [0.4, 0.5) is 5.95 Å². The number of thiophene rings is 1. The lowest BCUT2D eigenvalue weighted by Gasteiger charge is -2.03. The summed E-state index contributed by atoms with van der Waals surface area (Å²) in [6.07, 6.45) is 2.66. The zero-order chi connectivity index (χ0) is 13.2. The molecule has 10 heteroatoms. The minimum absolute atomic E-state index is 0.0315. The van der Waals surface area contributed by atoms with Crippen molar-refractivity contribution in [3.63, 3.8) is 0 Å². The van der Waals surface area contributed by atoms with Gasteiger partial charge in [0, 0.05) is 4.88 Å². The van der Waals surface area contributed by atoms with E-state index in [1.54, 1.807) is 0 Å². The van der Waals surface area contributed by atoms with Gasteiger partial charge in [-0.2, -0.15) is 5.10 Å². The summed E-state index contributed by atoms with van der Waals surface area (Å²) < 4.78 is 26.7. The lowest BCUT2D eigenvalue weighted by Crippen LogP contribution is -2.15. The fourth-order valence-corrected chi connectivity index (χ4v) is 4.62. The van der Waals surface area contributed by atoms with E-state index in [0.29, 0.717) is 8.66 Å². The van der Waals surface area contributed by atoms with Crippen molar-refractivity contribution in [3.8, 4) is 0 Å². The van der Waals surface area contributed by atoms with Crippen LogP contribution in [0.15, 0.2) is 27.1 Å². The van der Waals surface area contributed by atoms with E-state index in [4.69, 9.17) is 5.11 Å². The van der Waals surface area contributed by atoms with Gasteiger partial charge in [0.25, 0.3) is 16.0 Å². The van der Waals surface area contributed by atoms with Crippen LogP contribution in [-0.4, -0.2) is 28.7 Å². The maximum Gasteiger partial charge on any atom is 0.266 e. The fraction of sp³-hybridized carbons (Fsp3) is 0.125. The smallest absolute Gasteiger partial charge is 0.266 e. The summed E-state index contributed by atoms with van der Waals surface area (Å²) in [5.41, 5.74) is 0. The Morgan fingerprint density at radius 2 is 2.22 bits per heavy atom. The van der Waals surface area contributed by atoms with Crippen LogP contribution in [0.1, 0.15) is 4.88 Å². The molecule has 0 atom stereocenters. The van der Waals surface area contributed by atoms with Gasteiger partial charge in [-0.05, 0) is 22.0 Å². The van der Waals surface area contributed by atoms with Gasteiger partial charge in [0.15, 0.2) is 0 Å². The largest absolute Gasteiger partial charge is 0.391 e. The number of sulfonamides is 1. The first-order valence-electron chi connectivity index (χ1n) is 4.58. The maximum atomic E-state index is 12.0. The van der Waals surface area contributed by atoms with Gasteiger partial charge >= 0.3 is 0 Å². The third-order valence-corrected chi connectivity index (χ3v) is 5.43. The van der Waals surface area contributed by atoms with Crippen LogP contribution >= 0.6 is 27.3 Å². The van der Waals surface area contributed by atoms with E-state index < -0.39 is 10.0 Å². The Morgan fingerprint density at radius 3 is 2.78 bits per heavy atom.